The molecule has 0 saturated carbocycles. The Bertz CT molecular complexity index is 473. The molecule has 1 aromatic heterocycles. The van der Waals surface area contributed by atoms with Crippen LogP contribution in [-0.2, 0) is 4.74 Å². The predicted octanol–water partition coefficient (Wildman–Crippen LogP) is 0.509. The number of carbonyl (C=O) groups is 1. The Morgan fingerprint density at radius 1 is 1.39 bits per heavy atom. The highest BCUT2D eigenvalue weighted by Crippen LogP contribution is 2.34. The summed E-state index contributed by atoms with van der Waals surface area (Å²) >= 11 is 0. The summed E-state index contributed by atoms with van der Waals surface area (Å²) in [6.07, 6.45) is 0.703. The smallest absolute Gasteiger partial charge is 0.413 e. The third-order valence-electron chi connectivity index (χ3n) is 3.19. The molecule has 3 heterocycles. The van der Waals surface area contributed by atoms with Crippen LogP contribution in [0.4, 0.5) is 16.4 Å². The summed E-state index contributed by atoms with van der Waals surface area (Å²) in [5.41, 5.74) is 0.860. The lowest BCUT2D eigenvalue weighted by molar-refractivity contribution is 0.116. The summed E-state index contributed by atoms with van der Waals surface area (Å²) in [5, 5.41) is 5.91. The lowest BCUT2D eigenvalue weighted by Gasteiger charge is -2.32. The SMILES string of the molecule is CC1OC(=O)Nc2ncnc(N3CCNCC3)c21. The fourth-order valence-electron chi connectivity index (χ4n) is 2.33. The second-order valence-electron chi connectivity index (χ2n) is 4.37. The van der Waals surface area contributed by atoms with Gasteiger partial charge in [0.15, 0.2) is 0 Å². The van der Waals surface area contributed by atoms with Gasteiger partial charge < -0.3 is 15.0 Å². The Balaban J connectivity index is 2.00. The number of carbonyl (C=O) groups excluding carboxylic acids is 1. The highest BCUT2D eigenvalue weighted by molar-refractivity contribution is 5.88. The summed E-state index contributed by atoms with van der Waals surface area (Å²) in [6.45, 7) is 5.49. The van der Waals surface area contributed by atoms with Crippen LogP contribution in [0.15, 0.2) is 6.33 Å². The van der Waals surface area contributed by atoms with Crippen LogP contribution in [0.5, 0.6) is 0 Å². The van der Waals surface area contributed by atoms with Crippen molar-refractivity contribution >= 4 is 17.7 Å². The highest BCUT2D eigenvalue weighted by Gasteiger charge is 2.29. The molecule has 1 saturated heterocycles. The van der Waals surface area contributed by atoms with Gasteiger partial charge in [-0.25, -0.2) is 14.8 Å². The monoisotopic (exact) mass is 249 g/mol. The van der Waals surface area contributed by atoms with Crippen LogP contribution in [0.1, 0.15) is 18.6 Å². The normalized spacial score (nSPS) is 23.1. The minimum Gasteiger partial charge on any atom is -0.441 e. The number of piperazine rings is 1. The summed E-state index contributed by atoms with van der Waals surface area (Å²) in [7, 11) is 0. The van der Waals surface area contributed by atoms with E-state index in [1.807, 2.05) is 6.92 Å². The van der Waals surface area contributed by atoms with E-state index < -0.39 is 6.09 Å². The van der Waals surface area contributed by atoms with Gasteiger partial charge in [-0.1, -0.05) is 0 Å². The molecule has 96 valence electrons. The first kappa shape index (κ1) is 11.2. The van der Waals surface area contributed by atoms with Gasteiger partial charge in [0.2, 0.25) is 0 Å². The maximum Gasteiger partial charge on any atom is 0.413 e. The molecule has 1 amide bonds. The van der Waals surface area contributed by atoms with Gasteiger partial charge in [-0.2, -0.15) is 0 Å². The molecule has 0 spiro atoms. The van der Waals surface area contributed by atoms with E-state index in [2.05, 4.69) is 25.5 Å². The molecule has 7 nitrogen and oxygen atoms in total. The van der Waals surface area contributed by atoms with E-state index in [9.17, 15) is 4.79 Å². The van der Waals surface area contributed by atoms with Gasteiger partial charge in [0.05, 0.1) is 5.56 Å². The van der Waals surface area contributed by atoms with Crippen LogP contribution in [0, 0.1) is 0 Å². The molecule has 2 aliphatic heterocycles. The third kappa shape index (κ3) is 1.86. The Labute approximate surface area is 105 Å². The van der Waals surface area contributed by atoms with Crippen molar-refractivity contribution in [3.63, 3.8) is 0 Å². The zero-order chi connectivity index (χ0) is 12.5. The van der Waals surface area contributed by atoms with Gasteiger partial charge in [0.25, 0.3) is 0 Å². The number of fused-ring (bicyclic) bond motifs is 1. The van der Waals surface area contributed by atoms with E-state index >= 15 is 0 Å². The molecular formula is C11H15N5O2. The fourth-order valence-corrected chi connectivity index (χ4v) is 2.33. The number of rotatable bonds is 1. The number of hydrogen-bond donors (Lipinski definition) is 2. The van der Waals surface area contributed by atoms with Crippen molar-refractivity contribution in [1.29, 1.82) is 0 Å². The molecule has 1 fully saturated rings. The van der Waals surface area contributed by atoms with Gasteiger partial charge in [0.1, 0.15) is 24.1 Å². The topological polar surface area (TPSA) is 79.4 Å². The average molecular weight is 249 g/mol. The zero-order valence-electron chi connectivity index (χ0n) is 10.1. The molecule has 1 atom stereocenters. The maximum atomic E-state index is 11.3. The predicted molar refractivity (Wildman–Crippen MR) is 65.6 cm³/mol. The first-order valence-corrected chi connectivity index (χ1v) is 6.04. The first-order valence-electron chi connectivity index (χ1n) is 6.04. The second kappa shape index (κ2) is 4.41. The molecule has 3 rings (SSSR count). The van der Waals surface area contributed by atoms with E-state index in [4.69, 9.17) is 4.74 Å². The molecule has 2 aliphatic rings. The van der Waals surface area contributed by atoms with E-state index in [1.165, 1.54) is 6.33 Å². The van der Waals surface area contributed by atoms with Crippen molar-refractivity contribution in [2.45, 2.75) is 13.0 Å². The Hall–Kier alpha value is -1.89. The quantitative estimate of drug-likeness (QED) is 0.755. The summed E-state index contributed by atoms with van der Waals surface area (Å²) < 4.78 is 5.17. The number of amides is 1. The summed E-state index contributed by atoms with van der Waals surface area (Å²) in [6, 6.07) is 0. The molecule has 0 aliphatic carbocycles. The Kier molecular flexibility index (Phi) is 2.75. The zero-order valence-corrected chi connectivity index (χ0v) is 10.1. The van der Waals surface area contributed by atoms with E-state index in [1.54, 1.807) is 0 Å². The number of nitrogens with zero attached hydrogens (tertiary/aromatic N) is 3. The molecule has 1 unspecified atom stereocenters. The van der Waals surface area contributed by atoms with Crippen molar-refractivity contribution in [2.75, 3.05) is 36.4 Å². The molecule has 18 heavy (non-hydrogen) atoms. The number of anilines is 2. The van der Waals surface area contributed by atoms with Crippen LogP contribution < -0.4 is 15.5 Å². The highest BCUT2D eigenvalue weighted by atomic mass is 16.6. The molecule has 7 heteroatoms. The van der Waals surface area contributed by atoms with Crippen LogP contribution in [-0.4, -0.2) is 42.2 Å². The number of cyclic esters (lactones) is 1. The van der Waals surface area contributed by atoms with Gasteiger partial charge >= 0.3 is 6.09 Å². The van der Waals surface area contributed by atoms with Gasteiger partial charge in [-0.15, -0.1) is 0 Å². The number of hydrogen-bond acceptors (Lipinski definition) is 6. The first-order chi connectivity index (χ1) is 8.75. The number of ether oxygens (including phenoxy) is 1. The standard InChI is InChI=1S/C11H15N5O2/c1-7-8-9(15-11(17)18-7)13-6-14-10(8)16-4-2-12-3-5-16/h6-7,12H,2-5H2,1H3,(H,13,14,15,17). The van der Waals surface area contributed by atoms with Crippen molar-refractivity contribution in [3.8, 4) is 0 Å². The van der Waals surface area contributed by atoms with Crippen LogP contribution in [0.25, 0.3) is 0 Å². The van der Waals surface area contributed by atoms with Crippen molar-refractivity contribution < 1.29 is 9.53 Å². The van der Waals surface area contributed by atoms with E-state index in [0.29, 0.717) is 5.82 Å². The lowest BCUT2D eigenvalue weighted by atomic mass is 10.1. The molecule has 2 N–H and O–H groups in total. The van der Waals surface area contributed by atoms with Crippen LogP contribution in [0.2, 0.25) is 0 Å². The van der Waals surface area contributed by atoms with Crippen molar-refractivity contribution in [3.05, 3.63) is 11.9 Å². The molecule has 0 bridgehead atoms. The molecule has 1 aromatic rings. The Morgan fingerprint density at radius 3 is 2.94 bits per heavy atom. The number of nitrogens with one attached hydrogen (secondary N) is 2. The van der Waals surface area contributed by atoms with E-state index in [-0.39, 0.29) is 6.10 Å². The minimum absolute atomic E-state index is 0.320. The fraction of sp³-hybridized carbons (Fsp3) is 0.545. The summed E-state index contributed by atoms with van der Waals surface area (Å²) in [4.78, 5) is 22.0. The minimum atomic E-state index is -0.458. The Morgan fingerprint density at radius 2 is 2.17 bits per heavy atom. The van der Waals surface area contributed by atoms with Gasteiger partial charge in [-0.3, -0.25) is 5.32 Å². The van der Waals surface area contributed by atoms with Crippen molar-refractivity contribution in [1.82, 2.24) is 15.3 Å². The largest absolute Gasteiger partial charge is 0.441 e. The van der Waals surface area contributed by atoms with Gasteiger partial charge in [-0.05, 0) is 6.92 Å². The maximum absolute atomic E-state index is 11.3. The van der Waals surface area contributed by atoms with E-state index in [0.717, 1.165) is 37.6 Å². The average Bonchev–Trinajstić information content (AvgIpc) is 2.38. The summed E-state index contributed by atoms with van der Waals surface area (Å²) in [5.74, 6) is 1.41. The molecular weight excluding hydrogens is 234 g/mol. The van der Waals surface area contributed by atoms with Gasteiger partial charge in [0, 0.05) is 26.2 Å². The molecule has 0 aromatic carbocycles. The van der Waals surface area contributed by atoms with Crippen molar-refractivity contribution in [2.24, 2.45) is 0 Å². The lowest BCUT2D eigenvalue weighted by Crippen LogP contribution is -2.44. The van der Waals surface area contributed by atoms with Crippen LogP contribution >= 0.6 is 0 Å². The number of aromatic nitrogens is 2. The second-order valence-corrected chi connectivity index (χ2v) is 4.37. The van der Waals surface area contributed by atoms with Crippen LogP contribution in [0.3, 0.4) is 0 Å². The molecule has 0 radical (unpaired) electrons. The third-order valence-corrected chi connectivity index (χ3v) is 3.19.